The summed E-state index contributed by atoms with van der Waals surface area (Å²) in [5.74, 6) is 0. The Morgan fingerprint density at radius 3 is 2.71 bits per heavy atom. The van der Waals surface area contributed by atoms with Crippen LogP contribution in [-0.4, -0.2) is 5.71 Å². The van der Waals surface area contributed by atoms with E-state index >= 15 is 0 Å². The fourth-order valence-corrected chi connectivity index (χ4v) is 1.59. The molecule has 1 aromatic rings. The highest BCUT2D eigenvalue weighted by Gasteiger charge is 1.97. The maximum absolute atomic E-state index is 5.87. The van der Waals surface area contributed by atoms with E-state index in [-0.39, 0.29) is 0 Å². The first-order chi connectivity index (χ1) is 6.63. The average molecular weight is 210 g/mol. The Hall–Kier alpha value is -0.820. The SMILES string of the molecule is CCCC(C)=Nc1ccc(Cl)cc1C. The molecule has 0 aliphatic heterocycles. The predicted octanol–water partition coefficient (Wildman–Crippen LogP) is 4.54. The fraction of sp³-hybridized carbons (Fsp3) is 0.417. The van der Waals surface area contributed by atoms with Crippen LogP contribution >= 0.6 is 11.6 Å². The Morgan fingerprint density at radius 2 is 2.14 bits per heavy atom. The average Bonchev–Trinajstić information content (AvgIpc) is 2.10. The van der Waals surface area contributed by atoms with Gasteiger partial charge in [0.1, 0.15) is 0 Å². The summed E-state index contributed by atoms with van der Waals surface area (Å²) in [7, 11) is 0. The molecule has 1 aromatic carbocycles. The number of benzene rings is 1. The summed E-state index contributed by atoms with van der Waals surface area (Å²) >= 11 is 5.87. The molecule has 1 rings (SSSR count). The summed E-state index contributed by atoms with van der Waals surface area (Å²) < 4.78 is 0. The van der Waals surface area contributed by atoms with Crippen LogP contribution in [0.1, 0.15) is 32.3 Å². The van der Waals surface area contributed by atoms with Crippen LogP contribution in [-0.2, 0) is 0 Å². The first-order valence-corrected chi connectivity index (χ1v) is 5.31. The van der Waals surface area contributed by atoms with Gasteiger partial charge in [0.15, 0.2) is 0 Å². The van der Waals surface area contributed by atoms with Crippen molar-refractivity contribution in [1.82, 2.24) is 0 Å². The number of hydrogen-bond acceptors (Lipinski definition) is 1. The third-order valence-electron chi connectivity index (χ3n) is 2.08. The van der Waals surface area contributed by atoms with Crippen LogP contribution in [0, 0.1) is 6.92 Å². The van der Waals surface area contributed by atoms with Gasteiger partial charge in [0.2, 0.25) is 0 Å². The van der Waals surface area contributed by atoms with Crippen LogP contribution < -0.4 is 0 Å². The molecule has 0 bridgehead atoms. The van der Waals surface area contributed by atoms with Crippen LogP contribution in [0.25, 0.3) is 0 Å². The molecule has 0 unspecified atom stereocenters. The van der Waals surface area contributed by atoms with Gasteiger partial charge in [0.05, 0.1) is 5.69 Å². The molecule has 0 amide bonds. The van der Waals surface area contributed by atoms with E-state index in [4.69, 9.17) is 11.6 Å². The summed E-state index contributed by atoms with van der Waals surface area (Å²) in [6, 6.07) is 5.79. The van der Waals surface area contributed by atoms with Gasteiger partial charge in [-0.2, -0.15) is 0 Å². The number of aryl methyl sites for hydroxylation is 1. The van der Waals surface area contributed by atoms with Gasteiger partial charge in [-0.15, -0.1) is 0 Å². The smallest absolute Gasteiger partial charge is 0.0659 e. The predicted molar refractivity (Wildman–Crippen MR) is 63.9 cm³/mol. The van der Waals surface area contributed by atoms with Crippen molar-refractivity contribution in [3.63, 3.8) is 0 Å². The van der Waals surface area contributed by atoms with Crippen molar-refractivity contribution in [1.29, 1.82) is 0 Å². The van der Waals surface area contributed by atoms with Crippen molar-refractivity contribution in [2.24, 2.45) is 4.99 Å². The van der Waals surface area contributed by atoms with Crippen LogP contribution in [0.5, 0.6) is 0 Å². The van der Waals surface area contributed by atoms with E-state index in [9.17, 15) is 0 Å². The largest absolute Gasteiger partial charge is 0.258 e. The van der Waals surface area contributed by atoms with Gasteiger partial charge in [0.25, 0.3) is 0 Å². The zero-order valence-electron chi connectivity index (χ0n) is 8.97. The highest BCUT2D eigenvalue weighted by molar-refractivity contribution is 6.30. The molecule has 0 atom stereocenters. The minimum Gasteiger partial charge on any atom is -0.258 e. The Morgan fingerprint density at radius 1 is 1.43 bits per heavy atom. The monoisotopic (exact) mass is 209 g/mol. The lowest BCUT2D eigenvalue weighted by atomic mass is 10.2. The first kappa shape index (κ1) is 11.3. The lowest BCUT2D eigenvalue weighted by molar-refractivity contribution is 0.987. The Bertz CT molecular complexity index is 342. The van der Waals surface area contributed by atoms with Gasteiger partial charge in [-0.25, -0.2) is 0 Å². The van der Waals surface area contributed by atoms with Crippen molar-refractivity contribution in [2.45, 2.75) is 33.6 Å². The topological polar surface area (TPSA) is 12.4 Å². The Kier molecular flexibility index (Phi) is 4.15. The van der Waals surface area contributed by atoms with Gasteiger partial charge in [-0.1, -0.05) is 24.9 Å². The molecule has 14 heavy (non-hydrogen) atoms. The van der Waals surface area contributed by atoms with Gasteiger partial charge in [0, 0.05) is 10.7 Å². The molecule has 2 heteroatoms. The number of aliphatic imine (C=N–C) groups is 1. The third-order valence-corrected chi connectivity index (χ3v) is 2.32. The normalized spacial score (nSPS) is 11.9. The lowest BCUT2D eigenvalue weighted by Gasteiger charge is -2.02. The minimum atomic E-state index is 0.773. The molecule has 0 aromatic heterocycles. The van der Waals surface area contributed by atoms with Crippen molar-refractivity contribution in [3.8, 4) is 0 Å². The summed E-state index contributed by atoms with van der Waals surface area (Å²) in [5, 5.41) is 0.773. The highest BCUT2D eigenvalue weighted by Crippen LogP contribution is 2.22. The molecule has 0 spiro atoms. The quantitative estimate of drug-likeness (QED) is 0.648. The summed E-state index contributed by atoms with van der Waals surface area (Å²) in [6.07, 6.45) is 2.20. The molecule has 76 valence electrons. The molecule has 0 saturated heterocycles. The molecular formula is C12H16ClN. The van der Waals surface area contributed by atoms with E-state index < -0.39 is 0 Å². The maximum Gasteiger partial charge on any atom is 0.0659 e. The van der Waals surface area contributed by atoms with Crippen molar-refractivity contribution >= 4 is 23.0 Å². The van der Waals surface area contributed by atoms with Gasteiger partial charge in [-0.05, 0) is 44.0 Å². The summed E-state index contributed by atoms with van der Waals surface area (Å²) in [4.78, 5) is 4.55. The van der Waals surface area contributed by atoms with E-state index in [1.165, 1.54) is 5.71 Å². The van der Waals surface area contributed by atoms with Gasteiger partial charge >= 0.3 is 0 Å². The molecular weight excluding hydrogens is 194 g/mol. The van der Waals surface area contributed by atoms with Crippen LogP contribution in [0.3, 0.4) is 0 Å². The minimum absolute atomic E-state index is 0.773. The Balaban J connectivity index is 2.91. The molecule has 0 heterocycles. The van der Waals surface area contributed by atoms with E-state index in [1.807, 2.05) is 25.1 Å². The second-order valence-corrected chi connectivity index (χ2v) is 3.96. The lowest BCUT2D eigenvalue weighted by Crippen LogP contribution is -1.89. The van der Waals surface area contributed by atoms with Crippen molar-refractivity contribution in [3.05, 3.63) is 28.8 Å². The second-order valence-electron chi connectivity index (χ2n) is 3.53. The van der Waals surface area contributed by atoms with Gasteiger partial charge in [-0.3, -0.25) is 4.99 Å². The molecule has 0 saturated carbocycles. The first-order valence-electron chi connectivity index (χ1n) is 4.93. The summed E-state index contributed by atoms with van der Waals surface area (Å²) in [6.45, 7) is 6.26. The molecule has 0 fully saturated rings. The second kappa shape index (κ2) is 5.16. The number of rotatable bonds is 3. The van der Waals surface area contributed by atoms with Crippen molar-refractivity contribution in [2.75, 3.05) is 0 Å². The van der Waals surface area contributed by atoms with Crippen LogP contribution in [0.2, 0.25) is 5.02 Å². The van der Waals surface area contributed by atoms with E-state index in [2.05, 4.69) is 18.8 Å². The molecule has 0 N–H and O–H groups in total. The molecule has 1 nitrogen and oxygen atoms in total. The number of nitrogens with zero attached hydrogens (tertiary/aromatic N) is 1. The molecule has 0 aliphatic carbocycles. The van der Waals surface area contributed by atoms with Crippen molar-refractivity contribution < 1.29 is 0 Å². The van der Waals surface area contributed by atoms with E-state index in [0.29, 0.717) is 0 Å². The van der Waals surface area contributed by atoms with Gasteiger partial charge < -0.3 is 0 Å². The maximum atomic E-state index is 5.87. The standard InChI is InChI=1S/C12H16ClN/c1-4-5-10(3)14-12-7-6-11(13)8-9(12)2/h6-8H,4-5H2,1-3H3. The molecule has 0 aliphatic rings. The van der Waals surface area contributed by atoms with E-state index in [1.54, 1.807) is 0 Å². The number of hydrogen-bond donors (Lipinski definition) is 0. The molecule has 0 radical (unpaired) electrons. The third kappa shape index (κ3) is 3.15. The fourth-order valence-electron chi connectivity index (χ4n) is 1.37. The number of halogens is 1. The zero-order valence-corrected chi connectivity index (χ0v) is 9.73. The van der Waals surface area contributed by atoms with Crippen LogP contribution in [0.15, 0.2) is 23.2 Å². The van der Waals surface area contributed by atoms with E-state index in [0.717, 1.165) is 29.1 Å². The zero-order chi connectivity index (χ0) is 10.6. The summed E-state index contributed by atoms with van der Waals surface area (Å²) in [5.41, 5.74) is 3.34. The highest BCUT2D eigenvalue weighted by atomic mass is 35.5. The van der Waals surface area contributed by atoms with Crippen LogP contribution in [0.4, 0.5) is 5.69 Å². The Labute approximate surface area is 90.8 Å².